The van der Waals surface area contributed by atoms with Crippen molar-refractivity contribution in [3.05, 3.63) is 106 Å². The lowest BCUT2D eigenvalue weighted by Gasteiger charge is -2.11. The van der Waals surface area contributed by atoms with Crippen molar-refractivity contribution in [3.8, 4) is 34.5 Å². The summed E-state index contributed by atoms with van der Waals surface area (Å²) in [6.07, 6.45) is 3.22. The Labute approximate surface area is 283 Å². The maximum absolute atomic E-state index is 12.8. The van der Waals surface area contributed by atoms with E-state index in [4.69, 9.17) is 32.5 Å². The van der Waals surface area contributed by atoms with Gasteiger partial charge >= 0.3 is 0 Å². The minimum absolute atomic E-state index is 0.117. The lowest BCUT2D eigenvalue weighted by atomic mass is 10.1. The lowest BCUT2D eigenvalue weighted by Crippen LogP contribution is -2.05. The molecule has 2 aromatic heterocycles. The minimum atomic E-state index is -0.317. The molecule has 11 heteroatoms. The Morgan fingerprint density at radius 2 is 1.13 bits per heavy atom. The van der Waals surface area contributed by atoms with Crippen LogP contribution in [0.4, 0.5) is 0 Å². The summed E-state index contributed by atoms with van der Waals surface area (Å²) >= 11 is 2.15. The summed E-state index contributed by atoms with van der Waals surface area (Å²) in [7, 11) is 4.53. The fraction of sp³-hybridized carbons (Fsp3) is 0.167. The Balaban J connectivity index is 0.000000202. The van der Waals surface area contributed by atoms with Gasteiger partial charge in [0.15, 0.2) is 22.7 Å². The molecule has 0 aliphatic heterocycles. The molecule has 6 aromatic rings. The molecule has 0 aliphatic carbocycles. The van der Waals surface area contributed by atoms with Crippen LogP contribution in [0, 0.1) is 0 Å². The second-order valence-corrected chi connectivity index (χ2v) is 9.55. The van der Waals surface area contributed by atoms with E-state index in [-0.39, 0.29) is 34.2 Å². The Bertz CT molecular complexity index is 2180. The molecule has 0 saturated carbocycles. The molecule has 0 bridgehead atoms. The van der Waals surface area contributed by atoms with Crippen LogP contribution in [0.15, 0.2) is 104 Å². The van der Waals surface area contributed by atoms with Crippen LogP contribution >= 0.6 is 22.6 Å². The van der Waals surface area contributed by atoms with Crippen LogP contribution in [0.3, 0.4) is 0 Å². The zero-order valence-electron chi connectivity index (χ0n) is 26.3. The van der Waals surface area contributed by atoms with Gasteiger partial charge < -0.3 is 37.6 Å². The van der Waals surface area contributed by atoms with Crippen molar-refractivity contribution in [3.63, 3.8) is 0 Å². The summed E-state index contributed by atoms with van der Waals surface area (Å²) in [5, 5.41) is 11.4. The van der Waals surface area contributed by atoms with Crippen LogP contribution in [0.2, 0.25) is 0 Å². The molecule has 244 valence electrons. The molecule has 0 fully saturated rings. The molecule has 0 amide bonds. The van der Waals surface area contributed by atoms with Crippen molar-refractivity contribution >= 4 is 66.5 Å². The Morgan fingerprint density at radius 3 is 1.60 bits per heavy atom. The highest BCUT2D eigenvalue weighted by molar-refractivity contribution is 14.1. The normalized spacial score (nSPS) is 10.4. The van der Waals surface area contributed by atoms with E-state index in [0.29, 0.717) is 68.3 Å². The molecule has 47 heavy (non-hydrogen) atoms. The summed E-state index contributed by atoms with van der Waals surface area (Å²) in [6.45, 7) is 7.80. The predicted molar refractivity (Wildman–Crippen MR) is 193 cm³/mol. The van der Waals surface area contributed by atoms with Gasteiger partial charge in [0, 0.05) is 24.3 Å². The Kier molecular flexibility index (Phi) is 11.7. The quantitative estimate of drug-likeness (QED) is 0.0677. The minimum Gasteiger partial charge on any atom is -0.507 e. The molecule has 0 atom stereocenters. The third-order valence-corrected chi connectivity index (χ3v) is 6.82. The van der Waals surface area contributed by atoms with E-state index in [1.807, 2.05) is 4.93 Å². The molecular weight excluding hydrogens is 719 g/mol. The number of benzene rings is 4. The highest BCUT2D eigenvalue weighted by atomic mass is 127. The van der Waals surface area contributed by atoms with Crippen LogP contribution in [-0.4, -0.2) is 44.6 Å². The first-order chi connectivity index (χ1) is 22.8. The summed E-state index contributed by atoms with van der Waals surface area (Å²) in [5.41, 5.74) is 0.861. The fourth-order valence-corrected chi connectivity index (χ4v) is 4.80. The number of phenolic OH excluding ortho intramolecular Hbond substituents is 1. The number of phenols is 1. The molecule has 0 spiro atoms. The van der Waals surface area contributed by atoms with E-state index >= 15 is 0 Å². The second-order valence-electron chi connectivity index (χ2n) is 9.55. The highest BCUT2D eigenvalue weighted by Crippen LogP contribution is 2.35. The van der Waals surface area contributed by atoms with Gasteiger partial charge in [0.25, 0.3) is 0 Å². The van der Waals surface area contributed by atoms with E-state index in [2.05, 4.69) is 35.7 Å². The number of halogens is 1. The summed E-state index contributed by atoms with van der Waals surface area (Å²) in [6, 6.07) is 16.5. The second kappa shape index (κ2) is 15.9. The van der Waals surface area contributed by atoms with E-state index in [1.165, 1.54) is 27.4 Å². The lowest BCUT2D eigenvalue weighted by molar-refractivity contribution is 0.357. The molecule has 6 rings (SSSR count). The summed E-state index contributed by atoms with van der Waals surface area (Å²) in [5.74, 6) is 2.09. The first-order valence-electron chi connectivity index (χ1n) is 14.1. The molecular formula is C36H33IO10. The SMILES string of the molecule is C=CCOc1cc(O)c2c(=O)c3cccc(OC)c3oc2c1.C=CCOc1cc(OC)c2c(=O)c3cccc(OC)c3oc2c1.CI. The predicted octanol–water partition coefficient (Wildman–Crippen LogP) is 7.80. The van der Waals surface area contributed by atoms with Crippen molar-refractivity contribution in [1.82, 2.24) is 0 Å². The first-order valence-corrected chi connectivity index (χ1v) is 16.2. The van der Waals surface area contributed by atoms with Gasteiger partial charge in [-0.3, -0.25) is 9.59 Å². The Morgan fingerprint density at radius 1 is 0.681 bits per heavy atom. The van der Waals surface area contributed by atoms with Crippen LogP contribution in [0.5, 0.6) is 34.5 Å². The number of hydrogen-bond donors (Lipinski definition) is 1. The number of fused-ring (bicyclic) bond motifs is 4. The van der Waals surface area contributed by atoms with Crippen molar-refractivity contribution in [2.24, 2.45) is 0 Å². The van der Waals surface area contributed by atoms with Gasteiger partial charge in [-0.05, 0) is 29.2 Å². The third kappa shape index (κ3) is 7.14. The average molecular weight is 753 g/mol. The smallest absolute Gasteiger partial charge is 0.204 e. The van der Waals surface area contributed by atoms with Gasteiger partial charge in [-0.1, -0.05) is 60.0 Å². The van der Waals surface area contributed by atoms with Crippen molar-refractivity contribution in [1.29, 1.82) is 0 Å². The zero-order valence-corrected chi connectivity index (χ0v) is 28.4. The molecule has 1 N–H and O–H groups in total. The molecule has 2 heterocycles. The first kappa shape index (κ1) is 34.7. The largest absolute Gasteiger partial charge is 0.507 e. The molecule has 4 aromatic carbocycles. The number of hydrogen-bond acceptors (Lipinski definition) is 10. The summed E-state index contributed by atoms with van der Waals surface area (Å²) in [4.78, 5) is 27.3. The topological polar surface area (TPSA) is 127 Å². The Hall–Kier alpha value is -5.17. The molecule has 0 radical (unpaired) electrons. The third-order valence-electron chi connectivity index (χ3n) is 6.82. The molecule has 0 unspecified atom stereocenters. The number of aromatic hydroxyl groups is 1. The standard InChI is InChI=1S/C18H16O5.C17H14O5.CH3I/c1-4-8-22-11-9-14(21-3)16-15(10-11)23-18-12(17(16)19)6-5-7-13(18)20-2;1-3-7-21-10-8-12(18)15-14(9-10)22-17-11(16(15)19)5-4-6-13(17)20-2;1-2/h4-7,9-10H,1,8H2,2-3H3;3-6,8-9,18H,1,7H2,2H3;1H3. The van der Waals surface area contributed by atoms with Crippen LogP contribution in [-0.2, 0) is 0 Å². The molecule has 0 saturated heterocycles. The van der Waals surface area contributed by atoms with Crippen molar-refractivity contribution in [2.75, 3.05) is 39.5 Å². The zero-order chi connectivity index (χ0) is 34.1. The fourth-order valence-electron chi connectivity index (χ4n) is 4.80. The number of rotatable bonds is 9. The number of methoxy groups -OCH3 is 3. The van der Waals surface area contributed by atoms with Gasteiger partial charge in [0.1, 0.15) is 58.2 Å². The van der Waals surface area contributed by atoms with Gasteiger partial charge in [0.05, 0.1) is 32.1 Å². The maximum Gasteiger partial charge on any atom is 0.204 e. The van der Waals surface area contributed by atoms with E-state index in [0.717, 1.165) is 0 Å². The monoisotopic (exact) mass is 752 g/mol. The van der Waals surface area contributed by atoms with E-state index in [9.17, 15) is 14.7 Å². The van der Waals surface area contributed by atoms with Gasteiger partial charge in [0.2, 0.25) is 10.9 Å². The van der Waals surface area contributed by atoms with E-state index < -0.39 is 0 Å². The van der Waals surface area contributed by atoms with Gasteiger partial charge in [-0.25, -0.2) is 0 Å². The number of para-hydroxylation sites is 2. The average Bonchev–Trinajstić information content (AvgIpc) is 3.10. The van der Waals surface area contributed by atoms with Crippen molar-refractivity contribution in [2.45, 2.75) is 0 Å². The number of ether oxygens (including phenoxy) is 5. The van der Waals surface area contributed by atoms with Crippen molar-refractivity contribution < 1.29 is 37.6 Å². The molecule has 10 nitrogen and oxygen atoms in total. The van der Waals surface area contributed by atoms with Crippen LogP contribution in [0.25, 0.3) is 43.9 Å². The molecule has 0 aliphatic rings. The van der Waals surface area contributed by atoms with Gasteiger partial charge in [-0.15, -0.1) is 0 Å². The van der Waals surface area contributed by atoms with Crippen LogP contribution in [0.1, 0.15) is 0 Å². The van der Waals surface area contributed by atoms with E-state index in [1.54, 1.807) is 66.7 Å². The van der Waals surface area contributed by atoms with Crippen LogP contribution < -0.4 is 34.5 Å². The maximum atomic E-state index is 12.8. The summed E-state index contributed by atoms with van der Waals surface area (Å²) < 4.78 is 38.4. The highest BCUT2D eigenvalue weighted by Gasteiger charge is 2.17. The van der Waals surface area contributed by atoms with Gasteiger partial charge in [-0.2, -0.15) is 0 Å². The number of alkyl halides is 1.